The molecule has 0 saturated carbocycles. The van der Waals surface area contributed by atoms with E-state index in [9.17, 15) is 20.1 Å². The number of rotatable bonds is 5. The Labute approximate surface area is 115 Å². The third-order valence-electron chi connectivity index (χ3n) is 3.34. The third kappa shape index (κ3) is 2.40. The van der Waals surface area contributed by atoms with Gasteiger partial charge in [0.1, 0.15) is 11.1 Å². The van der Waals surface area contributed by atoms with Crippen LogP contribution in [0.15, 0.2) is 28.7 Å². The van der Waals surface area contributed by atoms with Crippen LogP contribution in [0.4, 0.5) is 0 Å². The van der Waals surface area contributed by atoms with Crippen molar-refractivity contribution in [3.63, 3.8) is 0 Å². The summed E-state index contributed by atoms with van der Waals surface area (Å²) < 4.78 is 5.48. The molecule has 0 saturated heterocycles. The van der Waals surface area contributed by atoms with E-state index in [1.807, 2.05) is 12.1 Å². The quantitative estimate of drug-likeness (QED) is 0.625. The largest absolute Gasteiger partial charge is 0.451 e. The van der Waals surface area contributed by atoms with E-state index in [1.54, 1.807) is 19.1 Å². The van der Waals surface area contributed by atoms with E-state index < -0.39 is 31.3 Å². The van der Waals surface area contributed by atoms with Gasteiger partial charge in [0, 0.05) is 10.9 Å². The summed E-state index contributed by atoms with van der Waals surface area (Å²) in [5, 5.41) is 30.9. The van der Waals surface area contributed by atoms with Crippen LogP contribution in [-0.4, -0.2) is 46.6 Å². The molecule has 1 heterocycles. The van der Waals surface area contributed by atoms with Crippen LogP contribution in [0, 0.1) is 6.92 Å². The summed E-state index contributed by atoms with van der Waals surface area (Å²) in [6.45, 7) is 0.0142. The fourth-order valence-electron chi connectivity index (χ4n) is 1.96. The number of hydrogen-bond donors (Lipinski definition) is 4. The number of aliphatic hydroxyl groups is 3. The zero-order valence-electron chi connectivity index (χ0n) is 11.1. The zero-order valence-corrected chi connectivity index (χ0v) is 11.1. The van der Waals surface area contributed by atoms with Crippen LogP contribution >= 0.6 is 0 Å². The Morgan fingerprint density at radius 1 is 1.20 bits per heavy atom. The second kappa shape index (κ2) is 5.62. The monoisotopic (exact) mass is 279 g/mol. The molecule has 1 aromatic heterocycles. The molecule has 0 aliphatic carbocycles. The second-order valence-corrected chi connectivity index (χ2v) is 4.76. The molecule has 0 aliphatic heterocycles. The maximum absolute atomic E-state index is 12.2. The molecule has 2 aromatic rings. The first kappa shape index (κ1) is 14.5. The Hall–Kier alpha value is -1.89. The molecule has 108 valence electrons. The van der Waals surface area contributed by atoms with Crippen LogP contribution in [0.1, 0.15) is 16.1 Å². The van der Waals surface area contributed by atoms with Crippen LogP contribution < -0.4 is 5.32 Å². The molecule has 20 heavy (non-hydrogen) atoms. The predicted octanol–water partition coefficient (Wildman–Crippen LogP) is 0.187. The van der Waals surface area contributed by atoms with Crippen molar-refractivity contribution in [2.75, 3.05) is 19.8 Å². The van der Waals surface area contributed by atoms with Crippen molar-refractivity contribution in [1.82, 2.24) is 5.32 Å². The van der Waals surface area contributed by atoms with E-state index in [0.29, 0.717) is 11.1 Å². The van der Waals surface area contributed by atoms with Gasteiger partial charge in [-0.25, -0.2) is 0 Å². The number of carbonyl (C=O) groups excluding carboxylic acids is 1. The minimum Gasteiger partial charge on any atom is -0.451 e. The van der Waals surface area contributed by atoms with Crippen molar-refractivity contribution in [1.29, 1.82) is 0 Å². The first-order chi connectivity index (χ1) is 9.56. The highest BCUT2D eigenvalue weighted by molar-refractivity contribution is 5.99. The van der Waals surface area contributed by atoms with Crippen molar-refractivity contribution in [3.05, 3.63) is 35.6 Å². The first-order valence-corrected chi connectivity index (χ1v) is 6.20. The number of furan rings is 1. The maximum atomic E-state index is 12.2. The number of carbonyl (C=O) groups is 1. The fraction of sp³-hybridized carbons (Fsp3) is 0.357. The third-order valence-corrected chi connectivity index (χ3v) is 3.34. The number of hydrogen-bond acceptors (Lipinski definition) is 5. The van der Waals surface area contributed by atoms with E-state index in [4.69, 9.17) is 4.42 Å². The molecule has 2 rings (SSSR count). The van der Waals surface area contributed by atoms with E-state index >= 15 is 0 Å². The smallest absolute Gasteiger partial charge is 0.287 e. The topological polar surface area (TPSA) is 103 Å². The minimum atomic E-state index is -1.47. The summed E-state index contributed by atoms with van der Waals surface area (Å²) in [4.78, 5) is 12.2. The van der Waals surface area contributed by atoms with Crippen molar-refractivity contribution in [3.8, 4) is 0 Å². The molecule has 0 bridgehead atoms. The van der Waals surface area contributed by atoms with Gasteiger partial charge >= 0.3 is 0 Å². The van der Waals surface area contributed by atoms with Gasteiger partial charge in [-0.1, -0.05) is 18.2 Å². The van der Waals surface area contributed by atoms with E-state index in [-0.39, 0.29) is 5.76 Å². The van der Waals surface area contributed by atoms with Crippen molar-refractivity contribution < 1.29 is 24.5 Å². The van der Waals surface area contributed by atoms with Gasteiger partial charge in [0.05, 0.1) is 19.8 Å². The summed E-state index contributed by atoms with van der Waals surface area (Å²) in [6, 6.07) is 7.22. The van der Waals surface area contributed by atoms with Gasteiger partial charge in [-0.15, -0.1) is 0 Å². The summed E-state index contributed by atoms with van der Waals surface area (Å²) in [7, 11) is 0. The number of aryl methyl sites for hydroxylation is 1. The molecule has 6 nitrogen and oxygen atoms in total. The summed E-state index contributed by atoms with van der Waals surface area (Å²) in [6.07, 6.45) is 0. The molecule has 6 heteroatoms. The van der Waals surface area contributed by atoms with E-state index in [2.05, 4.69) is 5.32 Å². The molecular formula is C14H17NO5. The van der Waals surface area contributed by atoms with Gasteiger partial charge in [0.15, 0.2) is 5.76 Å². The van der Waals surface area contributed by atoms with Gasteiger partial charge in [-0.3, -0.25) is 4.79 Å². The summed E-state index contributed by atoms with van der Waals surface area (Å²) in [5.74, 6) is -0.484. The second-order valence-electron chi connectivity index (χ2n) is 4.76. The Balaban J connectivity index is 2.34. The van der Waals surface area contributed by atoms with Gasteiger partial charge in [0.2, 0.25) is 0 Å². The van der Waals surface area contributed by atoms with Crippen LogP contribution in [0.25, 0.3) is 11.0 Å². The first-order valence-electron chi connectivity index (χ1n) is 6.20. The normalized spacial score (nSPS) is 11.8. The minimum absolute atomic E-state index is 0.103. The summed E-state index contributed by atoms with van der Waals surface area (Å²) in [5.41, 5.74) is -0.221. The molecular weight excluding hydrogens is 262 g/mol. The lowest BCUT2D eigenvalue weighted by molar-refractivity contribution is 0.0364. The zero-order chi connectivity index (χ0) is 14.8. The van der Waals surface area contributed by atoms with Gasteiger partial charge in [-0.05, 0) is 13.0 Å². The molecule has 0 radical (unpaired) electrons. The van der Waals surface area contributed by atoms with Crippen LogP contribution in [0.2, 0.25) is 0 Å². The predicted molar refractivity (Wildman–Crippen MR) is 72.4 cm³/mol. The molecule has 0 aliphatic rings. The SMILES string of the molecule is Cc1c(C(=O)NC(CO)(CO)CO)oc2ccccc12. The molecule has 0 fully saturated rings. The highest BCUT2D eigenvalue weighted by atomic mass is 16.3. The number of amides is 1. The van der Waals surface area contributed by atoms with Gasteiger partial charge in [-0.2, -0.15) is 0 Å². The average molecular weight is 279 g/mol. The number of aliphatic hydroxyl groups excluding tert-OH is 3. The van der Waals surface area contributed by atoms with Gasteiger partial charge < -0.3 is 25.1 Å². The highest BCUT2D eigenvalue weighted by Gasteiger charge is 2.32. The van der Waals surface area contributed by atoms with Crippen LogP contribution in [0.5, 0.6) is 0 Å². The lowest BCUT2D eigenvalue weighted by Gasteiger charge is -2.28. The van der Waals surface area contributed by atoms with Gasteiger partial charge in [0.25, 0.3) is 5.91 Å². The maximum Gasteiger partial charge on any atom is 0.287 e. The lowest BCUT2D eigenvalue weighted by Crippen LogP contribution is -2.57. The van der Waals surface area contributed by atoms with E-state index in [1.165, 1.54) is 0 Å². The van der Waals surface area contributed by atoms with Crippen molar-refractivity contribution in [2.24, 2.45) is 0 Å². The Morgan fingerprint density at radius 3 is 2.35 bits per heavy atom. The number of benzene rings is 1. The molecule has 0 atom stereocenters. The summed E-state index contributed by atoms with van der Waals surface area (Å²) >= 11 is 0. The fourth-order valence-corrected chi connectivity index (χ4v) is 1.96. The average Bonchev–Trinajstić information content (AvgIpc) is 2.83. The number of fused-ring (bicyclic) bond motifs is 1. The Kier molecular flexibility index (Phi) is 4.08. The molecule has 1 aromatic carbocycles. The number of nitrogens with one attached hydrogen (secondary N) is 1. The Bertz CT molecular complexity index is 607. The Morgan fingerprint density at radius 2 is 1.80 bits per heavy atom. The standard InChI is InChI=1S/C14H17NO5/c1-9-10-4-2-3-5-11(10)20-12(9)13(19)15-14(6-16,7-17)8-18/h2-5,16-18H,6-8H2,1H3,(H,15,19). The van der Waals surface area contributed by atoms with Crippen molar-refractivity contribution >= 4 is 16.9 Å². The van der Waals surface area contributed by atoms with E-state index in [0.717, 1.165) is 5.39 Å². The number of para-hydroxylation sites is 1. The highest BCUT2D eigenvalue weighted by Crippen LogP contribution is 2.25. The molecule has 4 N–H and O–H groups in total. The molecule has 0 spiro atoms. The van der Waals surface area contributed by atoms with Crippen LogP contribution in [0.3, 0.4) is 0 Å². The lowest BCUT2D eigenvalue weighted by atomic mass is 10.0. The van der Waals surface area contributed by atoms with Crippen LogP contribution in [-0.2, 0) is 0 Å². The molecule has 1 amide bonds. The molecule has 0 unspecified atom stereocenters. The van der Waals surface area contributed by atoms with Crippen molar-refractivity contribution in [2.45, 2.75) is 12.5 Å².